The largest absolute Gasteiger partial charge is 0.264 e. The van der Waals surface area contributed by atoms with Crippen LogP contribution in [0.5, 0.6) is 0 Å². The van der Waals surface area contributed by atoms with Crippen molar-refractivity contribution in [3.63, 3.8) is 0 Å². The van der Waals surface area contributed by atoms with Crippen LogP contribution in [0.3, 0.4) is 0 Å². The van der Waals surface area contributed by atoms with E-state index in [0.717, 1.165) is 10.9 Å². The maximum absolute atomic E-state index is 11.6. The van der Waals surface area contributed by atoms with Crippen molar-refractivity contribution in [1.29, 1.82) is 0 Å². The molecule has 7 heteroatoms. The number of rotatable bonds is 4. The minimum Gasteiger partial charge on any atom is -0.216 e. The Morgan fingerprint density at radius 3 is 2.75 bits per heavy atom. The first kappa shape index (κ1) is 13.0. The Labute approximate surface area is 102 Å². The molecule has 1 aromatic carbocycles. The van der Waals surface area contributed by atoms with Crippen LogP contribution in [0.1, 0.15) is 18.9 Å². The highest BCUT2D eigenvalue weighted by molar-refractivity contribution is 9.10. The first-order chi connectivity index (χ1) is 7.51. The fourth-order valence-electron chi connectivity index (χ4n) is 1.36. The first-order valence-electron chi connectivity index (χ1n) is 4.61. The van der Waals surface area contributed by atoms with Gasteiger partial charge in [-0.25, -0.2) is 8.42 Å². The fraction of sp³-hybridized carbons (Fsp3) is 0.333. The standard InChI is InChI=1S/C9H10BrN3O2S/c1-2-3-7-6-8(10)4-5-9(7)16(14,15)13-12-11/h4-6H,2-3H2,1H3. The molecular formula is C9H10BrN3O2S. The van der Waals surface area contributed by atoms with Crippen LogP contribution in [0, 0.1) is 0 Å². The third-order valence-electron chi connectivity index (χ3n) is 1.96. The van der Waals surface area contributed by atoms with E-state index in [2.05, 4.69) is 25.4 Å². The summed E-state index contributed by atoms with van der Waals surface area (Å²) in [4.78, 5) is 2.41. The van der Waals surface area contributed by atoms with E-state index in [4.69, 9.17) is 5.53 Å². The summed E-state index contributed by atoms with van der Waals surface area (Å²) in [7, 11) is -3.89. The van der Waals surface area contributed by atoms with Gasteiger partial charge in [0, 0.05) is 13.9 Å². The molecule has 0 spiro atoms. The summed E-state index contributed by atoms with van der Waals surface area (Å²) in [5.74, 6) is 0. The molecule has 0 N–H and O–H groups in total. The molecule has 0 saturated heterocycles. The second kappa shape index (κ2) is 5.34. The second-order valence-electron chi connectivity index (χ2n) is 3.15. The number of aryl methyl sites for hydroxylation is 1. The molecule has 0 heterocycles. The number of hydrogen-bond acceptors (Lipinski definition) is 2. The molecule has 0 fully saturated rings. The van der Waals surface area contributed by atoms with Crippen molar-refractivity contribution in [1.82, 2.24) is 0 Å². The van der Waals surface area contributed by atoms with E-state index in [0.29, 0.717) is 12.0 Å². The Hall–Kier alpha value is -1.04. The van der Waals surface area contributed by atoms with E-state index in [1.54, 1.807) is 12.1 Å². The Morgan fingerprint density at radius 2 is 2.19 bits per heavy atom. The van der Waals surface area contributed by atoms with Gasteiger partial charge in [0.25, 0.3) is 10.0 Å². The SMILES string of the molecule is CCCc1cc(Br)ccc1S(=O)(=O)N=[N+]=[N-]. The number of nitrogens with zero attached hydrogens (tertiary/aromatic N) is 3. The molecular weight excluding hydrogens is 294 g/mol. The molecule has 86 valence electrons. The van der Waals surface area contributed by atoms with E-state index >= 15 is 0 Å². The molecule has 16 heavy (non-hydrogen) atoms. The molecule has 0 bridgehead atoms. The maximum Gasteiger partial charge on any atom is 0.264 e. The van der Waals surface area contributed by atoms with Gasteiger partial charge in [0.1, 0.15) is 0 Å². The van der Waals surface area contributed by atoms with Crippen LogP contribution in [0.25, 0.3) is 10.4 Å². The molecule has 0 aliphatic carbocycles. The number of halogens is 1. The molecule has 0 radical (unpaired) electrons. The van der Waals surface area contributed by atoms with Crippen molar-refractivity contribution >= 4 is 26.0 Å². The van der Waals surface area contributed by atoms with Gasteiger partial charge in [-0.3, -0.25) is 0 Å². The Bertz CT molecular complexity index is 536. The number of azide groups is 1. The van der Waals surface area contributed by atoms with Crippen LogP contribution in [0.2, 0.25) is 0 Å². The predicted molar refractivity (Wildman–Crippen MR) is 64.5 cm³/mol. The van der Waals surface area contributed by atoms with E-state index in [1.807, 2.05) is 6.92 Å². The number of sulfonamides is 1. The van der Waals surface area contributed by atoms with Gasteiger partial charge in [0.15, 0.2) is 0 Å². The smallest absolute Gasteiger partial charge is 0.216 e. The van der Waals surface area contributed by atoms with Crippen LogP contribution >= 0.6 is 15.9 Å². The minimum atomic E-state index is -3.89. The Morgan fingerprint density at radius 1 is 1.50 bits per heavy atom. The number of benzene rings is 1. The lowest BCUT2D eigenvalue weighted by atomic mass is 10.1. The molecule has 0 aliphatic heterocycles. The van der Waals surface area contributed by atoms with Gasteiger partial charge in [-0.2, -0.15) is 0 Å². The molecule has 0 saturated carbocycles. The number of hydrogen-bond donors (Lipinski definition) is 0. The Kier molecular flexibility index (Phi) is 4.35. The van der Waals surface area contributed by atoms with Gasteiger partial charge < -0.3 is 0 Å². The van der Waals surface area contributed by atoms with Gasteiger partial charge in [0.2, 0.25) is 0 Å². The summed E-state index contributed by atoms with van der Waals surface area (Å²) in [6.45, 7) is 1.95. The quantitative estimate of drug-likeness (QED) is 0.485. The zero-order valence-corrected chi connectivity index (χ0v) is 11.0. The topological polar surface area (TPSA) is 82.9 Å². The van der Waals surface area contributed by atoms with E-state index in [-0.39, 0.29) is 4.90 Å². The van der Waals surface area contributed by atoms with Crippen molar-refractivity contribution in [3.8, 4) is 0 Å². The summed E-state index contributed by atoms with van der Waals surface area (Å²) in [6, 6.07) is 4.78. The molecule has 0 aliphatic rings. The molecule has 0 amide bonds. The van der Waals surface area contributed by atoms with Gasteiger partial charge in [-0.1, -0.05) is 29.3 Å². The van der Waals surface area contributed by atoms with Crippen LogP contribution in [0.15, 0.2) is 32.1 Å². The summed E-state index contributed by atoms with van der Waals surface area (Å²) in [6.07, 6.45) is 1.43. The predicted octanol–water partition coefficient (Wildman–Crippen LogP) is 3.40. The normalized spacial score (nSPS) is 10.9. The second-order valence-corrected chi connectivity index (χ2v) is 5.62. The molecule has 0 aromatic heterocycles. The molecule has 5 nitrogen and oxygen atoms in total. The summed E-state index contributed by atoms with van der Waals surface area (Å²) in [5.41, 5.74) is 8.87. The van der Waals surface area contributed by atoms with Gasteiger partial charge in [0.05, 0.1) is 4.90 Å². The summed E-state index contributed by atoms with van der Waals surface area (Å²) >= 11 is 3.27. The third-order valence-corrected chi connectivity index (χ3v) is 3.70. The highest BCUT2D eigenvalue weighted by atomic mass is 79.9. The average molecular weight is 304 g/mol. The van der Waals surface area contributed by atoms with Crippen LogP contribution < -0.4 is 0 Å². The summed E-state index contributed by atoms with van der Waals surface area (Å²) < 4.78 is 26.8. The summed E-state index contributed by atoms with van der Waals surface area (Å²) in [5, 5.41) is 0. The van der Waals surface area contributed by atoms with Crippen LogP contribution in [-0.2, 0) is 16.4 Å². The van der Waals surface area contributed by atoms with Gasteiger partial charge in [-0.05, 0) is 35.7 Å². The van der Waals surface area contributed by atoms with E-state index in [1.165, 1.54) is 6.07 Å². The minimum absolute atomic E-state index is 0.0790. The zero-order chi connectivity index (χ0) is 12.2. The fourth-order valence-corrected chi connectivity index (χ4v) is 2.68. The molecule has 1 rings (SSSR count). The molecule has 1 aromatic rings. The lowest BCUT2D eigenvalue weighted by Crippen LogP contribution is -2.01. The highest BCUT2D eigenvalue weighted by Gasteiger charge is 2.16. The molecule has 0 atom stereocenters. The van der Waals surface area contributed by atoms with Crippen molar-refractivity contribution < 1.29 is 8.42 Å². The lowest BCUT2D eigenvalue weighted by Gasteiger charge is -2.06. The Balaban J connectivity index is 3.38. The zero-order valence-electron chi connectivity index (χ0n) is 8.59. The van der Waals surface area contributed by atoms with E-state index < -0.39 is 10.0 Å². The van der Waals surface area contributed by atoms with Crippen molar-refractivity contribution in [2.45, 2.75) is 24.7 Å². The average Bonchev–Trinajstić information content (AvgIpc) is 2.17. The van der Waals surface area contributed by atoms with Gasteiger partial charge in [-0.15, -0.1) is 0 Å². The molecule has 0 unspecified atom stereocenters. The van der Waals surface area contributed by atoms with E-state index in [9.17, 15) is 8.42 Å². The monoisotopic (exact) mass is 303 g/mol. The van der Waals surface area contributed by atoms with Gasteiger partial charge >= 0.3 is 0 Å². The maximum atomic E-state index is 11.6. The van der Waals surface area contributed by atoms with Crippen molar-refractivity contribution in [3.05, 3.63) is 38.7 Å². The van der Waals surface area contributed by atoms with Crippen molar-refractivity contribution in [2.75, 3.05) is 0 Å². The van der Waals surface area contributed by atoms with Crippen LogP contribution in [-0.4, -0.2) is 8.42 Å². The van der Waals surface area contributed by atoms with Crippen molar-refractivity contribution in [2.24, 2.45) is 4.52 Å². The third kappa shape index (κ3) is 2.98. The highest BCUT2D eigenvalue weighted by Crippen LogP contribution is 2.23. The first-order valence-corrected chi connectivity index (χ1v) is 6.84. The van der Waals surface area contributed by atoms with Crippen LogP contribution in [0.4, 0.5) is 0 Å². The lowest BCUT2D eigenvalue weighted by molar-refractivity contribution is 0.596.